The summed E-state index contributed by atoms with van der Waals surface area (Å²) in [4.78, 5) is 14.8. The van der Waals surface area contributed by atoms with Crippen molar-refractivity contribution in [2.75, 3.05) is 19.7 Å². The number of halogens is 1. The van der Waals surface area contributed by atoms with E-state index in [-0.39, 0.29) is 17.6 Å². The summed E-state index contributed by atoms with van der Waals surface area (Å²) in [6.07, 6.45) is 6.89. The van der Waals surface area contributed by atoms with Crippen LogP contribution in [0.15, 0.2) is 27.4 Å². The van der Waals surface area contributed by atoms with Gasteiger partial charge in [-0.1, -0.05) is 0 Å². The normalized spacial score (nSPS) is 25.8. The number of hydrogen-bond donors (Lipinski definition) is 0. The maximum atomic E-state index is 13.6. The molecule has 0 atom stereocenters. The monoisotopic (exact) mass is 362 g/mol. The fourth-order valence-electron chi connectivity index (χ4n) is 4.67. The summed E-state index contributed by atoms with van der Waals surface area (Å²) in [5, 5.41) is 0. The molecule has 1 saturated heterocycles. The Labute approximate surface area is 152 Å². The number of ether oxygens (including phenoxy) is 1. The topological polar surface area (TPSA) is 47.6 Å². The number of aromatic nitrogens is 1. The molecule has 4 rings (SSSR count). The van der Waals surface area contributed by atoms with Crippen LogP contribution in [0.1, 0.15) is 51.5 Å². The zero-order valence-corrected chi connectivity index (χ0v) is 15.3. The maximum absolute atomic E-state index is 13.6. The number of piperidine rings is 1. The van der Waals surface area contributed by atoms with Gasteiger partial charge in [0.15, 0.2) is 5.58 Å². The Bertz CT molecular complexity index is 799. The SMILES string of the molecule is CCOC1CCC(N2CCC(n3c(=O)oc4ccc(F)cc43)CC2)CC1. The highest BCUT2D eigenvalue weighted by atomic mass is 19.1. The van der Waals surface area contributed by atoms with E-state index in [2.05, 4.69) is 11.8 Å². The predicted octanol–water partition coefficient (Wildman–Crippen LogP) is 3.72. The second kappa shape index (κ2) is 7.53. The molecule has 2 heterocycles. The number of rotatable bonds is 4. The third-order valence-electron chi connectivity index (χ3n) is 6.00. The molecule has 1 aliphatic carbocycles. The lowest BCUT2D eigenvalue weighted by Gasteiger charge is -2.40. The van der Waals surface area contributed by atoms with Gasteiger partial charge < -0.3 is 14.1 Å². The molecule has 0 spiro atoms. The van der Waals surface area contributed by atoms with Gasteiger partial charge in [0, 0.05) is 37.8 Å². The first-order valence-electron chi connectivity index (χ1n) is 9.82. The first kappa shape index (κ1) is 17.7. The summed E-state index contributed by atoms with van der Waals surface area (Å²) >= 11 is 0. The number of hydrogen-bond acceptors (Lipinski definition) is 4. The minimum absolute atomic E-state index is 0.0848. The van der Waals surface area contributed by atoms with Gasteiger partial charge >= 0.3 is 5.76 Å². The fourth-order valence-corrected chi connectivity index (χ4v) is 4.67. The van der Waals surface area contributed by atoms with Crippen molar-refractivity contribution in [3.05, 3.63) is 34.6 Å². The van der Waals surface area contributed by atoms with E-state index in [0.717, 1.165) is 45.4 Å². The fraction of sp³-hybridized carbons (Fsp3) is 0.650. The number of oxazole rings is 1. The van der Waals surface area contributed by atoms with Crippen LogP contribution in [-0.2, 0) is 4.74 Å². The van der Waals surface area contributed by atoms with E-state index in [1.807, 2.05) is 0 Å². The van der Waals surface area contributed by atoms with E-state index in [9.17, 15) is 9.18 Å². The highest BCUT2D eigenvalue weighted by molar-refractivity contribution is 5.73. The van der Waals surface area contributed by atoms with Gasteiger partial charge in [-0.2, -0.15) is 0 Å². The molecule has 5 nitrogen and oxygen atoms in total. The number of fused-ring (bicyclic) bond motifs is 1. The van der Waals surface area contributed by atoms with Crippen molar-refractivity contribution in [3.8, 4) is 0 Å². The Morgan fingerprint density at radius 2 is 1.85 bits per heavy atom. The van der Waals surface area contributed by atoms with Gasteiger partial charge in [0.05, 0.1) is 11.6 Å². The molecule has 2 aromatic rings. The van der Waals surface area contributed by atoms with Crippen LogP contribution >= 0.6 is 0 Å². The highest BCUT2D eigenvalue weighted by Gasteiger charge is 2.31. The molecule has 1 aromatic heterocycles. The van der Waals surface area contributed by atoms with Crippen molar-refractivity contribution in [3.63, 3.8) is 0 Å². The average Bonchev–Trinajstić information content (AvgIpc) is 2.98. The molecular formula is C20H27FN2O3. The van der Waals surface area contributed by atoms with Crippen molar-refractivity contribution in [1.29, 1.82) is 0 Å². The quantitative estimate of drug-likeness (QED) is 0.832. The molecular weight excluding hydrogens is 335 g/mol. The van der Waals surface area contributed by atoms with Crippen LogP contribution in [0.4, 0.5) is 4.39 Å². The van der Waals surface area contributed by atoms with E-state index in [4.69, 9.17) is 9.15 Å². The molecule has 0 amide bonds. The van der Waals surface area contributed by atoms with Gasteiger partial charge in [0.25, 0.3) is 0 Å². The van der Waals surface area contributed by atoms with Crippen molar-refractivity contribution < 1.29 is 13.5 Å². The molecule has 1 aromatic carbocycles. The molecule has 0 N–H and O–H groups in total. The molecule has 1 saturated carbocycles. The van der Waals surface area contributed by atoms with Gasteiger partial charge in [-0.15, -0.1) is 0 Å². The Morgan fingerprint density at radius 3 is 2.54 bits per heavy atom. The van der Waals surface area contributed by atoms with Crippen LogP contribution < -0.4 is 5.76 Å². The van der Waals surface area contributed by atoms with Gasteiger partial charge in [-0.25, -0.2) is 9.18 Å². The number of likely N-dealkylation sites (tertiary alicyclic amines) is 1. The summed E-state index contributed by atoms with van der Waals surface area (Å²) < 4.78 is 26.3. The summed E-state index contributed by atoms with van der Waals surface area (Å²) in [6.45, 7) is 4.81. The van der Waals surface area contributed by atoms with Crippen molar-refractivity contribution in [1.82, 2.24) is 9.47 Å². The summed E-state index contributed by atoms with van der Waals surface area (Å²) in [6, 6.07) is 4.98. The summed E-state index contributed by atoms with van der Waals surface area (Å²) in [7, 11) is 0. The van der Waals surface area contributed by atoms with Gasteiger partial charge in [0.1, 0.15) is 5.82 Å². The van der Waals surface area contributed by atoms with Gasteiger partial charge in [-0.05, 0) is 57.6 Å². The Kier molecular flexibility index (Phi) is 5.14. The average molecular weight is 362 g/mol. The summed E-state index contributed by atoms with van der Waals surface area (Å²) in [5.74, 6) is -0.711. The lowest BCUT2D eigenvalue weighted by atomic mass is 9.90. The predicted molar refractivity (Wildman–Crippen MR) is 97.9 cm³/mol. The van der Waals surface area contributed by atoms with Crippen molar-refractivity contribution in [2.24, 2.45) is 0 Å². The second-order valence-corrected chi connectivity index (χ2v) is 7.50. The van der Waals surface area contributed by atoms with E-state index >= 15 is 0 Å². The molecule has 142 valence electrons. The largest absolute Gasteiger partial charge is 0.420 e. The standard InChI is InChI=1S/C20H27FN2O3/c1-2-25-17-6-4-15(5-7-17)22-11-9-16(10-12-22)23-18-13-14(21)3-8-19(18)26-20(23)24/h3,8,13,15-17H,2,4-7,9-12H2,1H3. The van der Waals surface area contributed by atoms with Crippen LogP contribution in [0, 0.1) is 5.82 Å². The van der Waals surface area contributed by atoms with Crippen molar-refractivity contribution >= 4 is 11.1 Å². The minimum atomic E-state index is -0.374. The van der Waals surface area contributed by atoms with Crippen LogP contribution in [0.3, 0.4) is 0 Å². The molecule has 1 aliphatic heterocycles. The number of nitrogens with zero attached hydrogens (tertiary/aromatic N) is 2. The molecule has 26 heavy (non-hydrogen) atoms. The molecule has 2 fully saturated rings. The minimum Gasteiger partial charge on any atom is -0.408 e. The lowest BCUT2D eigenvalue weighted by Crippen LogP contribution is -2.45. The molecule has 0 bridgehead atoms. The number of benzene rings is 1. The van der Waals surface area contributed by atoms with E-state index in [1.165, 1.54) is 31.0 Å². The Balaban J connectivity index is 1.41. The maximum Gasteiger partial charge on any atom is 0.420 e. The molecule has 0 unspecified atom stereocenters. The highest BCUT2D eigenvalue weighted by Crippen LogP contribution is 2.31. The van der Waals surface area contributed by atoms with E-state index < -0.39 is 0 Å². The van der Waals surface area contributed by atoms with E-state index in [1.54, 1.807) is 4.57 Å². The summed E-state index contributed by atoms with van der Waals surface area (Å²) in [5.41, 5.74) is 1.04. The molecule has 6 heteroatoms. The molecule has 2 aliphatic rings. The Hall–Kier alpha value is -1.66. The molecule has 0 radical (unpaired) electrons. The van der Waals surface area contributed by atoms with E-state index in [0.29, 0.717) is 23.2 Å². The van der Waals surface area contributed by atoms with Crippen LogP contribution in [-0.4, -0.2) is 41.3 Å². The second-order valence-electron chi connectivity index (χ2n) is 7.50. The zero-order valence-electron chi connectivity index (χ0n) is 15.3. The first-order valence-corrected chi connectivity index (χ1v) is 9.82. The van der Waals surface area contributed by atoms with Gasteiger partial charge in [-0.3, -0.25) is 4.57 Å². The smallest absolute Gasteiger partial charge is 0.408 e. The van der Waals surface area contributed by atoms with Crippen LogP contribution in [0.2, 0.25) is 0 Å². The zero-order chi connectivity index (χ0) is 18.1. The van der Waals surface area contributed by atoms with Crippen LogP contribution in [0.25, 0.3) is 11.1 Å². The van der Waals surface area contributed by atoms with Gasteiger partial charge in [0.2, 0.25) is 0 Å². The Morgan fingerprint density at radius 1 is 1.12 bits per heavy atom. The van der Waals surface area contributed by atoms with Crippen molar-refractivity contribution in [2.45, 2.75) is 63.6 Å². The third-order valence-corrected chi connectivity index (χ3v) is 6.00. The van der Waals surface area contributed by atoms with Crippen LogP contribution in [0.5, 0.6) is 0 Å². The lowest BCUT2D eigenvalue weighted by molar-refractivity contribution is 0.00787. The first-order chi connectivity index (χ1) is 12.7. The third kappa shape index (κ3) is 3.45.